The highest BCUT2D eigenvalue weighted by atomic mass is 16.5. The molecule has 0 rings (SSSR count). The molecule has 0 heterocycles. The molecule has 0 unspecified atom stereocenters. The minimum atomic E-state index is -0.708. The van der Waals surface area contributed by atoms with Gasteiger partial charge >= 0.3 is 5.97 Å². The maximum Gasteiger partial charge on any atom is 0.330 e. The average Bonchev–Trinajstić information content (AvgIpc) is 2.12. The molecule has 0 radical (unpaired) electrons. The molecule has 72 valence electrons. The van der Waals surface area contributed by atoms with Gasteiger partial charge < -0.3 is 4.74 Å². The molecular weight excluding hydrogens is 168 g/mol. The van der Waals surface area contributed by atoms with Crippen molar-refractivity contribution in [2.75, 3.05) is 6.61 Å². The van der Waals surface area contributed by atoms with Crippen LogP contribution in [0, 0.1) is 5.41 Å². The van der Waals surface area contributed by atoms with Crippen LogP contribution in [-0.4, -0.2) is 18.4 Å². The smallest absolute Gasteiger partial charge is 0.330 e. The van der Waals surface area contributed by atoms with Gasteiger partial charge in [0.2, 0.25) is 0 Å². The maximum atomic E-state index is 11.2. The third kappa shape index (κ3) is 3.69. The molecule has 0 atom stereocenters. The van der Waals surface area contributed by atoms with Crippen LogP contribution in [0.4, 0.5) is 0 Å². The zero-order chi connectivity index (χ0) is 10.5. The molecule has 0 amide bonds. The molecule has 0 aliphatic heterocycles. The molecule has 3 nitrogen and oxygen atoms in total. The van der Waals surface area contributed by atoms with E-state index in [2.05, 4.69) is 13.2 Å². The van der Waals surface area contributed by atoms with E-state index in [0.29, 0.717) is 0 Å². The van der Waals surface area contributed by atoms with Crippen LogP contribution in [0.1, 0.15) is 13.8 Å². The molecule has 0 aliphatic rings. The highest BCUT2D eigenvalue weighted by Crippen LogP contribution is 2.17. The lowest BCUT2D eigenvalue weighted by atomic mass is 9.89. The van der Waals surface area contributed by atoms with E-state index < -0.39 is 11.4 Å². The molecular formula is C10H14O3. The molecule has 13 heavy (non-hydrogen) atoms. The van der Waals surface area contributed by atoms with E-state index in [1.54, 1.807) is 13.8 Å². The van der Waals surface area contributed by atoms with E-state index in [0.717, 1.165) is 6.08 Å². The molecule has 0 aromatic carbocycles. The fraction of sp³-hybridized carbons (Fsp3) is 0.400. The topological polar surface area (TPSA) is 43.4 Å². The highest BCUT2D eigenvalue weighted by Gasteiger charge is 2.26. The Balaban J connectivity index is 4.17. The number of hydrogen-bond donors (Lipinski definition) is 0. The third-order valence-electron chi connectivity index (χ3n) is 1.59. The van der Waals surface area contributed by atoms with Crippen LogP contribution in [-0.2, 0) is 14.3 Å². The summed E-state index contributed by atoms with van der Waals surface area (Å²) in [6.45, 7) is 10.0. The second kappa shape index (κ2) is 4.60. The van der Waals surface area contributed by atoms with Gasteiger partial charge in [-0.15, -0.1) is 0 Å². The molecule has 0 fully saturated rings. The quantitative estimate of drug-likeness (QED) is 0.478. The van der Waals surface area contributed by atoms with E-state index in [1.807, 2.05) is 0 Å². The first-order valence-corrected chi connectivity index (χ1v) is 3.90. The molecule has 0 aromatic heterocycles. The summed E-state index contributed by atoms with van der Waals surface area (Å²) in [6, 6.07) is 0. The van der Waals surface area contributed by atoms with Crippen LogP contribution in [0.3, 0.4) is 0 Å². The number of carbonyl (C=O) groups is 2. The zero-order valence-electron chi connectivity index (χ0n) is 8.00. The van der Waals surface area contributed by atoms with Gasteiger partial charge in [0, 0.05) is 6.08 Å². The minimum absolute atomic E-state index is 0.0444. The van der Waals surface area contributed by atoms with Gasteiger partial charge in [0.15, 0.2) is 5.78 Å². The molecule has 0 bridgehead atoms. The lowest BCUT2D eigenvalue weighted by Gasteiger charge is -2.19. The standard InChI is InChI=1S/C10H14O3/c1-5-8(11)10(3,4)7-13-9(12)6-2/h5-6H,1-2,7H2,3-4H3. The first-order valence-electron chi connectivity index (χ1n) is 3.90. The van der Waals surface area contributed by atoms with Gasteiger partial charge in [-0.1, -0.05) is 13.2 Å². The Morgan fingerprint density at radius 3 is 2.23 bits per heavy atom. The Bertz CT molecular complexity index is 239. The Morgan fingerprint density at radius 1 is 1.31 bits per heavy atom. The van der Waals surface area contributed by atoms with Gasteiger partial charge in [0.25, 0.3) is 0 Å². The Kier molecular flexibility index (Phi) is 4.11. The number of esters is 1. The van der Waals surface area contributed by atoms with Crippen LogP contribution in [0.5, 0.6) is 0 Å². The van der Waals surface area contributed by atoms with E-state index in [9.17, 15) is 9.59 Å². The van der Waals surface area contributed by atoms with Crippen molar-refractivity contribution in [3.63, 3.8) is 0 Å². The maximum absolute atomic E-state index is 11.2. The molecule has 0 spiro atoms. The van der Waals surface area contributed by atoms with Crippen LogP contribution in [0.25, 0.3) is 0 Å². The summed E-state index contributed by atoms with van der Waals surface area (Å²) < 4.78 is 4.75. The zero-order valence-corrected chi connectivity index (χ0v) is 8.00. The van der Waals surface area contributed by atoms with Crippen LogP contribution in [0.2, 0.25) is 0 Å². The van der Waals surface area contributed by atoms with E-state index in [-0.39, 0.29) is 12.4 Å². The molecule has 0 N–H and O–H groups in total. The molecule has 0 aliphatic carbocycles. The first kappa shape index (κ1) is 11.6. The van der Waals surface area contributed by atoms with Gasteiger partial charge in [0.05, 0.1) is 5.41 Å². The fourth-order valence-corrected chi connectivity index (χ4v) is 0.658. The monoisotopic (exact) mass is 182 g/mol. The van der Waals surface area contributed by atoms with E-state index >= 15 is 0 Å². The van der Waals surface area contributed by atoms with Crippen molar-refractivity contribution in [2.24, 2.45) is 5.41 Å². The van der Waals surface area contributed by atoms with Gasteiger partial charge in [-0.3, -0.25) is 4.79 Å². The summed E-state index contributed by atoms with van der Waals surface area (Å²) in [5.41, 5.74) is -0.708. The largest absolute Gasteiger partial charge is 0.461 e. The summed E-state index contributed by atoms with van der Waals surface area (Å²) in [5, 5.41) is 0. The number of ketones is 1. The number of ether oxygens (including phenoxy) is 1. The summed E-state index contributed by atoms with van der Waals surface area (Å²) in [5.74, 6) is -0.672. The van der Waals surface area contributed by atoms with Crippen molar-refractivity contribution < 1.29 is 14.3 Å². The minimum Gasteiger partial charge on any atom is -0.461 e. The lowest BCUT2D eigenvalue weighted by molar-refractivity contribution is -0.142. The van der Waals surface area contributed by atoms with Gasteiger partial charge in [0.1, 0.15) is 6.61 Å². The van der Waals surface area contributed by atoms with Gasteiger partial charge in [-0.2, -0.15) is 0 Å². The molecule has 0 aromatic rings. The Hall–Kier alpha value is -1.38. The summed E-state index contributed by atoms with van der Waals surface area (Å²) in [7, 11) is 0. The predicted octanol–water partition coefficient (Wildman–Crippen LogP) is 1.50. The lowest BCUT2D eigenvalue weighted by Crippen LogP contribution is -2.29. The van der Waals surface area contributed by atoms with E-state index in [1.165, 1.54) is 6.08 Å². The van der Waals surface area contributed by atoms with Gasteiger partial charge in [-0.25, -0.2) is 4.79 Å². The number of allylic oxidation sites excluding steroid dienone is 1. The Labute approximate surface area is 78.1 Å². The molecule has 0 saturated heterocycles. The molecule has 0 saturated carbocycles. The second-order valence-corrected chi connectivity index (χ2v) is 3.26. The Morgan fingerprint density at radius 2 is 1.85 bits per heavy atom. The molecule has 3 heteroatoms. The third-order valence-corrected chi connectivity index (χ3v) is 1.59. The van der Waals surface area contributed by atoms with Crippen LogP contribution in [0.15, 0.2) is 25.3 Å². The number of carbonyl (C=O) groups excluding carboxylic acids is 2. The van der Waals surface area contributed by atoms with Crippen LogP contribution >= 0.6 is 0 Å². The van der Waals surface area contributed by atoms with Crippen LogP contribution < -0.4 is 0 Å². The SMILES string of the molecule is C=CC(=O)OCC(C)(C)C(=O)C=C. The second-order valence-electron chi connectivity index (χ2n) is 3.26. The van der Waals surface area contributed by atoms with Crippen molar-refractivity contribution in [2.45, 2.75) is 13.8 Å². The van der Waals surface area contributed by atoms with E-state index in [4.69, 9.17) is 4.74 Å². The van der Waals surface area contributed by atoms with Crippen molar-refractivity contribution in [3.8, 4) is 0 Å². The van der Waals surface area contributed by atoms with Crippen molar-refractivity contribution in [1.29, 1.82) is 0 Å². The summed E-state index contributed by atoms with van der Waals surface area (Å²) in [4.78, 5) is 21.9. The fourth-order valence-electron chi connectivity index (χ4n) is 0.658. The van der Waals surface area contributed by atoms with Crippen molar-refractivity contribution in [3.05, 3.63) is 25.3 Å². The average molecular weight is 182 g/mol. The summed E-state index contributed by atoms with van der Waals surface area (Å²) >= 11 is 0. The van der Waals surface area contributed by atoms with Gasteiger partial charge in [-0.05, 0) is 19.9 Å². The first-order chi connectivity index (χ1) is 5.94. The normalized spacial score (nSPS) is 10.3. The van der Waals surface area contributed by atoms with Crippen molar-refractivity contribution in [1.82, 2.24) is 0 Å². The number of hydrogen-bond acceptors (Lipinski definition) is 3. The predicted molar refractivity (Wildman–Crippen MR) is 50.1 cm³/mol. The number of rotatable bonds is 5. The highest BCUT2D eigenvalue weighted by molar-refractivity contribution is 5.94. The van der Waals surface area contributed by atoms with Crippen molar-refractivity contribution >= 4 is 11.8 Å². The summed E-state index contributed by atoms with van der Waals surface area (Å²) in [6.07, 6.45) is 2.29.